The number of nitrogens with zero attached hydrogens (tertiary/aromatic N) is 2. The highest BCUT2D eigenvalue weighted by Crippen LogP contribution is 2.27. The van der Waals surface area contributed by atoms with Crippen LogP contribution in [-0.4, -0.2) is 67.1 Å². The highest BCUT2D eigenvalue weighted by atomic mass is 35.5. The van der Waals surface area contributed by atoms with Gasteiger partial charge >= 0.3 is 6.18 Å². The molecule has 2 amide bonds. The van der Waals surface area contributed by atoms with Crippen molar-refractivity contribution in [2.45, 2.75) is 52.1 Å². The highest BCUT2D eigenvalue weighted by Gasteiger charge is 2.37. The Kier molecular flexibility index (Phi) is 10.0. The number of nitrogens with one attached hydrogen (secondary N) is 1. The average molecular weight is 428 g/mol. The number of halogens is 4. The SMILES string of the molecule is CCN(CC(F)(F)F)C(=O)C1CCCN(C(=O)CC(C)C2CCNCC2)C1.Cl. The summed E-state index contributed by atoms with van der Waals surface area (Å²) in [5, 5.41) is 3.32. The van der Waals surface area contributed by atoms with Crippen molar-refractivity contribution in [1.29, 1.82) is 0 Å². The van der Waals surface area contributed by atoms with Gasteiger partial charge in [0, 0.05) is 26.1 Å². The Labute approximate surface area is 171 Å². The molecule has 2 aliphatic rings. The van der Waals surface area contributed by atoms with Crippen LogP contribution in [0.4, 0.5) is 13.2 Å². The van der Waals surface area contributed by atoms with Crippen molar-refractivity contribution in [2.75, 3.05) is 39.3 Å². The molecule has 2 aliphatic heterocycles. The summed E-state index contributed by atoms with van der Waals surface area (Å²) in [4.78, 5) is 27.8. The molecule has 0 spiro atoms. The zero-order valence-electron chi connectivity index (χ0n) is 16.8. The van der Waals surface area contributed by atoms with Crippen molar-refractivity contribution in [3.05, 3.63) is 0 Å². The van der Waals surface area contributed by atoms with Crippen molar-refractivity contribution in [2.24, 2.45) is 17.8 Å². The van der Waals surface area contributed by atoms with Gasteiger partial charge in [0.25, 0.3) is 0 Å². The number of hydrogen-bond acceptors (Lipinski definition) is 3. The number of carbonyl (C=O) groups is 2. The third-order valence-electron chi connectivity index (χ3n) is 5.87. The fraction of sp³-hybridized carbons (Fsp3) is 0.895. The molecule has 2 fully saturated rings. The van der Waals surface area contributed by atoms with E-state index in [1.807, 2.05) is 0 Å². The zero-order valence-corrected chi connectivity index (χ0v) is 17.6. The zero-order chi connectivity index (χ0) is 20.0. The van der Waals surface area contributed by atoms with Crippen LogP contribution in [-0.2, 0) is 9.59 Å². The van der Waals surface area contributed by atoms with Crippen LogP contribution in [0, 0.1) is 17.8 Å². The number of rotatable bonds is 6. The summed E-state index contributed by atoms with van der Waals surface area (Å²) in [7, 11) is 0. The van der Waals surface area contributed by atoms with Gasteiger partial charge in [0.15, 0.2) is 0 Å². The standard InChI is InChI=1S/C19H32F3N3O2.ClH/c1-3-24(13-19(20,21)22)18(27)16-5-4-10-25(12-16)17(26)11-14(2)15-6-8-23-9-7-15;/h14-16,23H,3-13H2,1-2H3;1H. The molecule has 0 aromatic carbocycles. The van der Waals surface area contributed by atoms with Crippen LogP contribution in [0.3, 0.4) is 0 Å². The van der Waals surface area contributed by atoms with Crippen molar-refractivity contribution in [3.8, 4) is 0 Å². The normalized spacial score (nSPS) is 22.3. The van der Waals surface area contributed by atoms with Crippen molar-refractivity contribution in [3.63, 3.8) is 0 Å². The topological polar surface area (TPSA) is 52.7 Å². The number of carbonyl (C=O) groups excluding carboxylic acids is 2. The maximum absolute atomic E-state index is 12.7. The molecule has 0 radical (unpaired) electrons. The minimum Gasteiger partial charge on any atom is -0.342 e. The van der Waals surface area contributed by atoms with E-state index in [1.165, 1.54) is 0 Å². The molecule has 0 saturated carbocycles. The van der Waals surface area contributed by atoms with Crippen molar-refractivity contribution < 1.29 is 22.8 Å². The van der Waals surface area contributed by atoms with E-state index in [-0.39, 0.29) is 37.3 Å². The third-order valence-corrected chi connectivity index (χ3v) is 5.87. The molecule has 2 heterocycles. The average Bonchev–Trinajstić information content (AvgIpc) is 2.65. The summed E-state index contributed by atoms with van der Waals surface area (Å²) < 4.78 is 38.0. The molecule has 0 aliphatic carbocycles. The summed E-state index contributed by atoms with van der Waals surface area (Å²) in [6.07, 6.45) is -0.614. The predicted octanol–water partition coefficient (Wildman–Crippen LogP) is 3.08. The molecular formula is C19H33ClF3N3O2. The van der Waals surface area contributed by atoms with E-state index in [0.717, 1.165) is 30.8 Å². The summed E-state index contributed by atoms with van der Waals surface area (Å²) in [6.45, 7) is 5.25. The van der Waals surface area contributed by atoms with Crippen LogP contribution in [0.15, 0.2) is 0 Å². The van der Waals surface area contributed by atoms with E-state index >= 15 is 0 Å². The largest absolute Gasteiger partial charge is 0.406 e. The smallest absolute Gasteiger partial charge is 0.342 e. The lowest BCUT2D eigenvalue weighted by Crippen LogP contribution is -2.49. The van der Waals surface area contributed by atoms with E-state index in [0.29, 0.717) is 31.7 Å². The molecule has 2 atom stereocenters. The highest BCUT2D eigenvalue weighted by molar-refractivity contribution is 5.85. The number of amides is 2. The van der Waals surface area contributed by atoms with Crippen LogP contribution < -0.4 is 5.32 Å². The second-order valence-electron chi connectivity index (χ2n) is 7.92. The van der Waals surface area contributed by atoms with Crippen molar-refractivity contribution in [1.82, 2.24) is 15.1 Å². The molecule has 5 nitrogen and oxygen atoms in total. The Morgan fingerprint density at radius 3 is 2.43 bits per heavy atom. The fourth-order valence-corrected chi connectivity index (χ4v) is 4.21. The minimum absolute atomic E-state index is 0. The quantitative estimate of drug-likeness (QED) is 0.708. The Balaban J connectivity index is 0.00000392. The molecule has 0 aromatic heterocycles. The first-order valence-corrected chi connectivity index (χ1v) is 10.0. The summed E-state index contributed by atoms with van der Waals surface area (Å²) in [5.74, 6) is -0.178. The summed E-state index contributed by atoms with van der Waals surface area (Å²) in [6, 6.07) is 0. The van der Waals surface area contributed by atoms with E-state index in [4.69, 9.17) is 0 Å². The van der Waals surface area contributed by atoms with Gasteiger partial charge in [0.2, 0.25) is 11.8 Å². The Hall–Kier alpha value is -1.02. The molecule has 0 bridgehead atoms. The number of hydrogen-bond donors (Lipinski definition) is 1. The van der Waals surface area contributed by atoms with Crippen molar-refractivity contribution >= 4 is 24.2 Å². The van der Waals surface area contributed by atoms with Gasteiger partial charge < -0.3 is 15.1 Å². The number of likely N-dealkylation sites (tertiary alicyclic amines) is 1. The van der Waals surface area contributed by atoms with Gasteiger partial charge in [0.1, 0.15) is 6.54 Å². The molecule has 2 saturated heterocycles. The molecule has 0 aromatic rings. The van der Waals surface area contributed by atoms with E-state index in [9.17, 15) is 22.8 Å². The van der Waals surface area contributed by atoms with E-state index in [2.05, 4.69) is 12.2 Å². The van der Waals surface area contributed by atoms with Gasteiger partial charge in [-0.25, -0.2) is 0 Å². The predicted molar refractivity (Wildman–Crippen MR) is 104 cm³/mol. The molecule has 2 rings (SSSR count). The van der Waals surface area contributed by atoms with Crippen LogP contribution in [0.2, 0.25) is 0 Å². The number of piperidine rings is 2. The monoisotopic (exact) mass is 427 g/mol. The second kappa shape index (κ2) is 11.2. The molecular weight excluding hydrogens is 395 g/mol. The molecule has 9 heteroatoms. The van der Waals surface area contributed by atoms with Crippen LogP contribution in [0.1, 0.15) is 46.0 Å². The molecule has 28 heavy (non-hydrogen) atoms. The van der Waals surface area contributed by atoms with Gasteiger partial charge in [-0.2, -0.15) is 13.2 Å². The maximum atomic E-state index is 12.7. The van der Waals surface area contributed by atoms with Crippen LogP contribution in [0.5, 0.6) is 0 Å². The first kappa shape index (κ1) is 25.0. The Morgan fingerprint density at radius 1 is 1.21 bits per heavy atom. The van der Waals surface area contributed by atoms with E-state index in [1.54, 1.807) is 11.8 Å². The second-order valence-corrected chi connectivity index (χ2v) is 7.92. The van der Waals surface area contributed by atoms with E-state index < -0.39 is 24.5 Å². The first-order valence-electron chi connectivity index (χ1n) is 10.0. The lowest BCUT2D eigenvalue weighted by Gasteiger charge is -2.36. The maximum Gasteiger partial charge on any atom is 0.406 e. The lowest BCUT2D eigenvalue weighted by atomic mass is 9.83. The Bertz CT molecular complexity index is 513. The molecule has 1 N–H and O–H groups in total. The fourth-order valence-electron chi connectivity index (χ4n) is 4.21. The summed E-state index contributed by atoms with van der Waals surface area (Å²) in [5.41, 5.74) is 0. The van der Waals surface area contributed by atoms with Crippen LogP contribution >= 0.6 is 12.4 Å². The Morgan fingerprint density at radius 2 is 1.86 bits per heavy atom. The minimum atomic E-state index is -4.40. The molecule has 2 unspecified atom stereocenters. The third kappa shape index (κ3) is 7.43. The molecule has 164 valence electrons. The summed E-state index contributed by atoms with van der Waals surface area (Å²) >= 11 is 0. The van der Waals surface area contributed by atoms with Gasteiger partial charge in [-0.15, -0.1) is 12.4 Å². The van der Waals surface area contributed by atoms with Gasteiger partial charge in [0.05, 0.1) is 5.92 Å². The number of alkyl halides is 3. The lowest BCUT2D eigenvalue weighted by molar-refractivity contribution is -0.164. The van der Waals surface area contributed by atoms with Gasteiger partial charge in [-0.05, 0) is 57.5 Å². The van der Waals surface area contributed by atoms with Gasteiger partial charge in [-0.1, -0.05) is 6.92 Å². The first-order chi connectivity index (χ1) is 12.7. The van der Waals surface area contributed by atoms with Gasteiger partial charge in [-0.3, -0.25) is 9.59 Å². The van der Waals surface area contributed by atoms with Crippen LogP contribution in [0.25, 0.3) is 0 Å².